The smallest absolute Gasteiger partial charge is 0.262 e. The van der Waals surface area contributed by atoms with Gasteiger partial charge in [0.05, 0.1) is 0 Å². The number of anilines is 1. The number of aryl methyl sites for hydroxylation is 3. The van der Waals surface area contributed by atoms with Gasteiger partial charge in [0.15, 0.2) is 12.4 Å². The summed E-state index contributed by atoms with van der Waals surface area (Å²) in [5, 5.41) is 3.54. The zero-order valence-corrected chi connectivity index (χ0v) is 16.2. The van der Waals surface area contributed by atoms with Gasteiger partial charge in [-0.15, -0.1) is 0 Å². The Morgan fingerprint density at radius 2 is 1.70 bits per heavy atom. The van der Waals surface area contributed by atoms with E-state index >= 15 is 0 Å². The van der Waals surface area contributed by atoms with Crippen molar-refractivity contribution < 1.29 is 9.53 Å². The van der Waals surface area contributed by atoms with Crippen molar-refractivity contribution in [3.05, 3.63) is 70.4 Å². The van der Waals surface area contributed by atoms with Gasteiger partial charge in [0.25, 0.3) is 5.91 Å². The van der Waals surface area contributed by atoms with Gasteiger partial charge in [-0.1, -0.05) is 29.8 Å². The highest BCUT2D eigenvalue weighted by Gasteiger charge is 2.10. The number of nitrogens with zero attached hydrogens (tertiary/aromatic N) is 2. The first kappa shape index (κ1) is 18.9. The van der Waals surface area contributed by atoms with Crippen molar-refractivity contribution in [1.82, 2.24) is 9.97 Å². The van der Waals surface area contributed by atoms with E-state index in [1.807, 2.05) is 51.1 Å². The molecular formula is C21H20ClN3O2. The number of para-hydroxylation sites is 1. The molecule has 1 aromatic heterocycles. The van der Waals surface area contributed by atoms with Crippen molar-refractivity contribution in [2.45, 2.75) is 20.8 Å². The highest BCUT2D eigenvalue weighted by atomic mass is 35.5. The minimum atomic E-state index is -0.239. The Labute approximate surface area is 163 Å². The highest BCUT2D eigenvalue weighted by molar-refractivity contribution is 6.30. The number of aromatic nitrogens is 2. The average Bonchev–Trinajstić information content (AvgIpc) is 2.63. The second-order valence-corrected chi connectivity index (χ2v) is 6.72. The molecule has 6 heteroatoms. The summed E-state index contributed by atoms with van der Waals surface area (Å²) in [6, 6.07) is 14.8. The molecule has 0 aliphatic heterocycles. The molecule has 5 nitrogen and oxygen atoms in total. The lowest BCUT2D eigenvalue weighted by molar-refractivity contribution is -0.118. The molecule has 0 saturated heterocycles. The largest absolute Gasteiger partial charge is 0.467 e. The Morgan fingerprint density at radius 3 is 2.37 bits per heavy atom. The second-order valence-electron chi connectivity index (χ2n) is 6.28. The maximum atomic E-state index is 12.3. The minimum absolute atomic E-state index is 0.135. The predicted octanol–water partition coefficient (Wildman–Crippen LogP) is 4.74. The molecule has 1 heterocycles. The molecule has 0 spiro atoms. The zero-order valence-electron chi connectivity index (χ0n) is 15.4. The van der Waals surface area contributed by atoms with E-state index < -0.39 is 0 Å². The van der Waals surface area contributed by atoms with Crippen LogP contribution in [-0.2, 0) is 4.79 Å². The van der Waals surface area contributed by atoms with Crippen LogP contribution in [0.2, 0.25) is 5.02 Å². The Hall–Kier alpha value is -2.92. The fourth-order valence-electron chi connectivity index (χ4n) is 2.67. The molecule has 0 radical (unpaired) electrons. The van der Waals surface area contributed by atoms with E-state index in [-0.39, 0.29) is 12.5 Å². The van der Waals surface area contributed by atoms with E-state index in [9.17, 15) is 4.79 Å². The summed E-state index contributed by atoms with van der Waals surface area (Å²) in [4.78, 5) is 21.1. The maximum Gasteiger partial charge on any atom is 0.262 e. The number of ether oxygens (including phenoxy) is 1. The molecular weight excluding hydrogens is 362 g/mol. The molecule has 138 valence electrons. The molecule has 0 unspecified atom stereocenters. The maximum absolute atomic E-state index is 12.3. The van der Waals surface area contributed by atoms with E-state index in [0.29, 0.717) is 16.7 Å². The van der Waals surface area contributed by atoms with Gasteiger partial charge in [-0.05, 0) is 56.2 Å². The number of nitrogens with one attached hydrogen (secondary N) is 1. The molecule has 3 aromatic rings. The normalized spacial score (nSPS) is 10.5. The van der Waals surface area contributed by atoms with Crippen molar-refractivity contribution in [3.63, 3.8) is 0 Å². The zero-order chi connectivity index (χ0) is 19.4. The topological polar surface area (TPSA) is 64.1 Å². The first-order chi connectivity index (χ1) is 12.9. The summed E-state index contributed by atoms with van der Waals surface area (Å²) in [5.74, 6) is 0.637. The molecule has 0 saturated carbocycles. The Bertz CT molecular complexity index is 951. The third kappa shape index (κ3) is 4.83. The minimum Gasteiger partial charge on any atom is -0.467 e. The van der Waals surface area contributed by atoms with Gasteiger partial charge in [0, 0.05) is 28.0 Å². The lowest BCUT2D eigenvalue weighted by atomic mass is 10.1. The lowest BCUT2D eigenvalue weighted by Crippen LogP contribution is -2.21. The van der Waals surface area contributed by atoms with Crippen molar-refractivity contribution in [3.8, 4) is 17.3 Å². The summed E-state index contributed by atoms with van der Waals surface area (Å²) in [6.45, 7) is 5.63. The molecule has 0 atom stereocenters. The van der Waals surface area contributed by atoms with Crippen LogP contribution >= 0.6 is 11.6 Å². The van der Waals surface area contributed by atoms with Crippen LogP contribution in [0.5, 0.6) is 5.88 Å². The van der Waals surface area contributed by atoms with Crippen LogP contribution in [0.15, 0.2) is 48.5 Å². The number of benzene rings is 2. The third-order valence-electron chi connectivity index (χ3n) is 4.03. The number of hydrogen-bond acceptors (Lipinski definition) is 4. The van der Waals surface area contributed by atoms with Crippen LogP contribution in [0, 0.1) is 20.8 Å². The first-order valence-corrected chi connectivity index (χ1v) is 8.90. The van der Waals surface area contributed by atoms with Crippen LogP contribution in [0.4, 0.5) is 5.69 Å². The van der Waals surface area contributed by atoms with E-state index in [1.54, 1.807) is 18.2 Å². The fourth-order valence-corrected chi connectivity index (χ4v) is 2.79. The van der Waals surface area contributed by atoms with E-state index in [1.165, 1.54) is 0 Å². The van der Waals surface area contributed by atoms with Crippen molar-refractivity contribution >= 4 is 23.2 Å². The summed E-state index contributed by atoms with van der Waals surface area (Å²) in [5.41, 5.74) is 4.40. The summed E-state index contributed by atoms with van der Waals surface area (Å²) < 4.78 is 5.60. The van der Waals surface area contributed by atoms with Gasteiger partial charge in [0.1, 0.15) is 0 Å². The molecule has 3 rings (SSSR count). The van der Waals surface area contributed by atoms with Crippen LogP contribution in [0.3, 0.4) is 0 Å². The predicted molar refractivity (Wildman–Crippen MR) is 107 cm³/mol. The number of carbonyl (C=O) groups is 1. The van der Waals surface area contributed by atoms with Crippen LogP contribution < -0.4 is 10.1 Å². The molecule has 0 aliphatic carbocycles. The van der Waals surface area contributed by atoms with Gasteiger partial charge in [-0.2, -0.15) is 4.98 Å². The molecule has 1 N–H and O–H groups in total. The van der Waals surface area contributed by atoms with E-state index in [2.05, 4.69) is 15.3 Å². The van der Waals surface area contributed by atoms with Crippen molar-refractivity contribution in [1.29, 1.82) is 0 Å². The third-order valence-corrected chi connectivity index (χ3v) is 4.28. The standard InChI is InChI=1S/C21H20ClN3O2/c1-13-5-4-6-14(2)20(13)24-18(26)12-27-19-11-15(3)23-21(25-19)16-7-9-17(22)10-8-16/h4-11H,12H2,1-3H3,(H,24,26). The first-order valence-electron chi connectivity index (χ1n) is 8.53. The number of carbonyl (C=O) groups excluding carboxylic acids is 1. The number of rotatable bonds is 5. The summed E-state index contributed by atoms with van der Waals surface area (Å²) >= 11 is 5.92. The summed E-state index contributed by atoms with van der Waals surface area (Å²) in [7, 11) is 0. The molecule has 0 aliphatic rings. The molecule has 1 amide bonds. The monoisotopic (exact) mass is 381 g/mol. The second kappa shape index (κ2) is 8.18. The van der Waals surface area contributed by atoms with Gasteiger partial charge in [-0.25, -0.2) is 4.98 Å². The van der Waals surface area contributed by atoms with Crippen LogP contribution in [0.1, 0.15) is 16.8 Å². The average molecular weight is 382 g/mol. The van der Waals surface area contributed by atoms with Gasteiger partial charge in [-0.3, -0.25) is 4.79 Å². The Balaban J connectivity index is 1.70. The molecule has 2 aromatic carbocycles. The SMILES string of the molecule is Cc1cc(OCC(=O)Nc2c(C)cccc2C)nc(-c2ccc(Cl)cc2)n1. The number of hydrogen-bond donors (Lipinski definition) is 1. The van der Waals surface area contributed by atoms with Gasteiger partial charge >= 0.3 is 0 Å². The van der Waals surface area contributed by atoms with E-state index in [0.717, 1.165) is 28.1 Å². The quantitative estimate of drug-likeness (QED) is 0.693. The van der Waals surface area contributed by atoms with Gasteiger partial charge in [0.2, 0.25) is 5.88 Å². The highest BCUT2D eigenvalue weighted by Crippen LogP contribution is 2.22. The van der Waals surface area contributed by atoms with Crippen molar-refractivity contribution in [2.24, 2.45) is 0 Å². The molecule has 0 fully saturated rings. The fraction of sp³-hybridized carbons (Fsp3) is 0.190. The lowest BCUT2D eigenvalue weighted by Gasteiger charge is -2.12. The van der Waals surface area contributed by atoms with Crippen LogP contribution in [-0.4, -0.2) is 22.5 Å². The molecule has 27 heavy (non-hydrogen) atoms. The Morgan fingerprint density at radius 1 is 1.04 bits per heavy atom. The molecule has 0 bridgehead atoms. The summed E-state index contributed by atoms with van der Waals surface area (Å²) in [6.07, 6.45) is 0. The van der Waals surface area contributed by atoms with Crippen LogP contribution in [0.25, 0.3) is 11.4 Å². The van der Waals surface area contributed by atoms with Crippen molar-refractivity contribution in [2.75, 3.05) is 11.9 Å². The van der Waals surface area contributed by atoms with E-state index in [4.69, 9.17) is 16.3 Å². The van der Waals surface area contributed by atoms with Gasteiger partial charge < -0.3 is 10.1 Å². The Kier molecular flexibility index (Phi) is 5.72. The number of amides is 1. The number of halogens is 1.